The van der Waals surface area contributed by atoms with Crippen LogP contribution in [0.5, 0.6) is 0 Å². The van der Waals surface area contributed by atoms with Crippen LogP contribution in [-0.4, -0.2) is 51.1 Å². The lowest BCUT2D eigenvalue weighted by Gasteiger charge is -2.42. The minimum Gasteiger partial charge on any atom is -0.378 e. The van der Waals surface area contributed by atoms with E-state index in [1.54, 1.807) is 0 Å². The molecule has 1 saturated carbocycles. The van der Waals surface area contributed by atoms with Gasteiger partial charge in [0.05, 0.1) is 12.5 Å². The quantitative estimate of drug-likeness (QED) is 0.778. The van der Waals surface area contributed by atoms with Crippen molar-refractivity contribution in [2.45, 2.75) is 76.0 Å². The van der Waals surface area contributed by atoms with E-state index in [1.807, 2.05) is 52.3 Å². The number of carbonyl (C=O) groups is 2. The van der Waals surface area contributed by atoms with Crippen LogP contribution in [0.25, 0.3) is 0 Å². The fraction of sp³-hybridized carbons (Fsp3) is 0.462. The largest absolute Gasteiger partial charge is 0.378 e. The van der Waals surface area contributed by atoms with Crippen molar-refractivity contribution < 1.29 is 14.7 Å². The van der Waals surface area contributed by atoms with Crippen molar-refractivity contribution in [3.63, 3.8) is 0 Å². The summed E-state index contributed by atoms with van der Waals surface area (Å²) in [4.78, 5) is 30.6. The lowest BCUT2D eigenvalue weighted by atomic mass is 9.89. The Morgan fingerprint density at radius 2 is 1.66 bits per heavy atom. The van der Waals surface area contributed by atoms with Gasteiger partial charge in [0.15, 0.2) is 0 Å². The van der Waals surface area contributed by atoms with Gasteiger partial charge in [0, 0.05) is 19.1 Å². The van der Waals surface area contributed by atoms with Crippen molar-refractivity contribution in [1.29, 1.82) is 0 Å². The zero-order chi connectivity index (χ0) is 22.1. The number of amides is 2. The Kier molecular flexibility index (Phi) is 5.98. The van der Waals surface area contributed by atoms with Crippen LogP contribution in [0.15, 0.2) is 54.6 Å². The fourth-order valence-electron chi connectivity index (χ4n) is 5.58. The Bertz CT molecular complexity index is 973. The first-order valence-electron chi connectivity index (χ1n) is 11.7. The molecule has 3 aliphatic rings. The number of carbonyl (C=O) groups excluding carboxylic acids is 2. The third kappa shape index (κ3) is 4.17. The Labute approximate surface area is 189 Å². The van der Waals surface area contributed by atoms with E-state index < -0.39 is 12.3 Å². The predicted molar refractivity (Wildman–Crippen MR) is 121 cm³/mol. The molecule has 2 amide bonds. The molecule has 168 valence electrons. The topological polar surface area (TPSA) is 72.9 Å². The molecule has 2 heterocycles. The van der Waals surface area contributed by atoms with Crippen molar-refractivity contribution in [2.24, 2.45) is 0 Å². The van der Waals surface area contributed by atoms with E-state index in [-0.39, 0.29) is 30.3 Å². The highest BCUT2D eigenvalue weighted by molar-refractivity contribution is 5.86. The molecule has 5 rings (SSSR count). The lowest BCUT2D eigenvalue weighted by molar-refractivity contribution is -0.136. The van der Waals surface area contributed by atoms with Crippen LogP contribution >= 0.6 is 0 Å². The highest BCUT2D eigenvalue weighted by atomic mass is 16.3. The molecule has 2 aromatic rings. The van der Waals surface area contributed by atoms with E-state index in [4.69, 9.17) is 0 Å². The minimum atomic E-state index is -1.00. The van der Waals surface area contributed by atoms with Crippen LogP contribution in [0.1, 0.15) is 48.8 Å². The molecule has 3 unspecified atom stereocenters. The number of benzene rings is 2. The number of nitrogens with zero attached hydrogens (tertiary/aromatic N) is 2. The van der Waals surface area contributed by atoms with E-state index in [2.05, 4.69) is 17.4 Å². The summed E-state index contributed by atoms with van der Waals surface area (Å²) >= 11 is 0. The first kappa shape index (κ1) is 21.2. The van der Waals surface area contributed by atoms with Gasteiger partial charge in [-0.3, -0.25) is 14.5 Å². The maximum Gasteiger partial charge on any atom is 0.239 e. The van der Waals surface area contributed by atoms with Gasteiger partial charge in [-0.2, -0.15) is 0 Å². The third-order valence-corrected chi connectivity index (χ3v) is 7.25. The molecule has 2 aliphatic heterocycles. The summed E-state index contributed by atoms with van der Waals surface area (Å²) in [6, 6.07) is 17.3. The van der Waals surface area contributed by atoms with Gasteiger partial charge in [-0.15, -0.1) is 0 Å². The van der Waals surface area contributed by atoms with Crippen molar-refractivity contribution >= 4 is 11.8 Å². The summed E-state index contributed by atoms with van der Waals surface area (Å²) in [6.07, 6.45) is 3.86. The number of hydrogen-bond donors (Lipinski definition) is 2. The number of hydrogen-bond acceptors (Lipinski definition) is 4. The smallest absolute Gasteiger partial charge is 0.239 e. The Morgan fingerprint density at radius 3 is 2.41 bits per heavy atom. The molecular weight excluding hydrogens is 402 g/mol. The van der Waals surface area contributed by atoms with Crippen LogP contribution in [0.3, 0.4) is 0 Å². The van der Waals surface area contributed by atoms with Crippen LogP contribution in [0.4, 0.5) is 0 Å². The number of aliphatic hydroxyl groups is 1. The van der Waals surface area contributed by atoms with E-state index >= 15 is 0 Å². The molecule has 2 aromatic carbocycles. The van der Waals surface area contributed by atoms with Crippen LogP contribution in [0, 0.1) is 0 Å². The Hall–Kier alpha value is -2.70. The molecule has 3 atom stereocenters. The van der Waals surface area contributed by atoms with Gasteiger partial charge < -0.3 is 15.3 Å². The maximum atomic E-state index is 13.7. The first-order valence-corrected chi connectivity index (χ1v) is 11.7. The highest BCUT2D eigenvalue weighted by Crippen LogP contribution is 2.32. The molecule has 0 aromatic heterocycles. The van der Waals surface area contributed by atoms with Crippen molar-refractivity contribution in [3.8, 4) is 0 Å². The number of aliphatic hydroxyl groups excluding tert-OH is 1. The van der Waals surface area contributed by atoms with E-state index in [0.29, 0.717) is 19.5 Å². The van der Waals surface area contributed by atoms with Crippen LogP contribution in [-0.2, 0) is 29.1 Å². The van der Waals surface area contributed by atoms with Gasteiger partial charge in [-0.05, 0) is 36.0 Å². The SMILES string of the molecule is O=C(NC1CCCC1)C1C2Cc3ccccc3CN2C(=O)CC(O)N1Cc1ccccc1. The summed E-state index contributed by atoms with van der Waals surface area (Å²) in [6.45, 7) is 0.906. The second kappa shape index (κ2) is 9.04. The number of fused-ring (bicyclic) bond motifs is 2. The summed E-state index contributed by atoms with van der Waals surface area (Å²) in [7, 11) is 0. The molecule has 2 fully saturated rings. The zero-order valence-corrected chi connectivity index (χ0v) is 18.3. The van der Waals surface area contributed by atoms with Gasteiger partial charge in [0.2, 0.25) is 11.8 Å². The first-order chi connectivity index (χ1) is 15.6. The fourth-order valence-corrected chi connectivity index (χ4v) is 5.58. The number of rotatable bonds is 4. The summed E-state index contributed by atoms with van der Waals surface area (Å²) in [5, 5.41) is 14.4. The predicted octanol–water partition coefficient (Wildman–Crippen LogP) is 2.59. The summed E-state index contributed by atoms with van der Waals surface area (Å²) < 4.78 is 0. The van der Waals surface area contributed by atoms with Crippen LogP contribution < -0.4 is 5.32 Å². The molecule has 0 bridgehead atoms. The molecule has 2 N–H and O–H groups in total. The van der Waals surface area contributed by atoms with Gasteiger partial charge >= 0.3 is 0 Å². The molecular formula is C26H31N3O3. The van der Waals surface area contributed by atoms with E-state index in [1.165, 1.54) is 5.56 Å². The molecule has 1 aliphatic carbocycles. The molecule has 1 saturated heterocycles. The van der Waals surface area contributed by atoms with Crippen molar-refractivity contribution in [2.75, 3.05) is 0 Å². The monoisotopic (exact) mass is 433 g/mol. The average molecular weight is 434 g/mol. The van der Waals surface area contributed by atoms with E-state index in [0.717, 1.165) is 36.8 Å². The minimum absolute atomic E-state index is 0.00128. The van der Waals surface area contributed by atoms with Crippen molar-refractivity contribution in [1.82, 2.24) is 15.1 Å². The van der Waals surface area contributed by atoms with Gasteiger partial charge in [0.25, 0.3) is 0 Å². The average Bonchev–Trinajstić information content (AvgIpc) is 3.28. The lowest BCUT2D eigenvalue weighted by Crippen LogP contribution is -2.61. The Balaban J connectivity index is 1.52. The second-order valence-electron chi connectivity index (χ2n) is 9.34. The third-order valence-electron chi connectivity index (χ3n) is 7.25. The molecule has 32 heavy (non-hydrogen) atoms. The van der Waals surface area contributed by atoms with Gasteiger partial charge in [-0.25, -0.2) is 0 Å². The van der Waals surface area contributed by atoms with Crippen molar-refractivity contribution in [3.05, 3.63) is 71.3 Å². The molecule has 0 radical (unpaired) electrons. The number of nitrogens with one attached hydrogen (secondary N) is 1. The standard InChI is InChI=1S/C26H31N3O3/c30-23-15-24(31)29(16-18-8-2-1-3-9-18)25(26(32)27-21-12-6-7-13-21)22-14-19-10-4-5-11-20(19)17-28(22)23/h1-5,8-11,21-22,24-25,31H,6-7,12-17H2,(H,27,32). The molecule has 0 spiro atoms. The summed E-state index contributed by atoms with van der Waals surface area (Å²) in [5.74, 6) is -0.165. The van der Waals surface area contributed by atoms with Crippen LogP contribution in [0.2, 0.25) is 0 Å². The molecule has 6 nitrogen and oxygen atoms in total. The second-order valence-corrected chi connectivity index (χ2v) is 9.34. The van der Waals surface area contributed by atoms with E-state index in [9.17, 15) is 14.7 Å². The summed E-state index contributed by atoms with van der Waals surface area (Å²) in [5.41, 5.74) is 3.32. The Morgan fingerprint density at radius 1 is 0.969 bits per heavy atom. The molecule has 6 heteroatoms. The normalized spacial score (nSPS) is 26.3. The maximum absolute atomic E-state index is 13.7. The van der Waals surface area contributed by atoms with Gasteiger partial charge in [0.1, 0.15) is 12.3 Å². The van der Waals surface area contributed by atoms with Gasteiger partial charge in [-0.1, -0.05) is 67.4 Å². The zero-order valence-electron chi connectivity index (χ0n) is 18.3. The highest BCUT2D eigenvalue weighted by Gasteiger charge is 2.47.